The number of ether oxygens (including phenoxy) is 1. The molecule has 0 radical (unpaired) electrons. The van der Waals surface area contributed by atoms with Gasteiger partial charge >= 0.3 is 87.8 Å². The summed E-state index contributed by atoms with van der Waals surface area (Å²) < 4.78 is 7.93. The van der Waals surface area contributed by atoms with Crippen LogP contribution in [-0.4, -0.2) is 18.4 Å². The second-order valence-electron chi connectivity index (χ2n) is 4.35. The summed E-state index contributed by atoms with van der Waals surface area (Å²) in [5.41, 5.74) is -0.286. The molecule has 1 fully saturated rings. The van der Waals surface area contributed by atoms with Crippen LogP contribution in [-0.2, 0) is 4.74 Å². The van der Waals surface area contributed by atoms with Crippen molar-refractivity contribution in [1.29, 1.82) is 0 Å². The molecule has 0 N–H and O–H groups in total. The van der Waals surface area contributed by atoms with E-state index in [1.54, 1.807) is 0 Å². The first kappa shape index (κ1) is 11.3. The number of alkyl halides is 2. The molecule has 78 valence electrons. The SMILES string of the molecule is CC(C)(C)OC(=O)I1CCCCC1. The van der Waals surface area contributed by atoms with Crippen LogP contribution in [0.2, 0.25) is 0 Å². The minimum absolute atomic E-state index is 0.163. The van der Waals surface area contributed by atoms with Crippen LogP contribution in [0.25, 0.3) is 0 Å². The molecule has 0 bridgehead atoms. The third kappa shape index (κ3) is 4.29. The Kier molecular flexibility index (Phi) is 4.01. The number of rotatable bonds is 1. The van der Waals surface area contributed by atoms with Crippen molar-refractivity contribution in [2.24, 2.45) is 0 Å². The minimum atomic E-state index is -1.35. The fourth-order valence-electron chi connectivity index (χ4n) is 1.23. The Labute approximate surface area is 87.8 Å². The van der Waals surface area contributed by atoms with Crippen molar-refractivity contribution in [2.75, 3.05) is 8.86 Å². The molecule has 0 atom stereocenters. The average Bonchev–Trinajstić information content (AvgIpc) is 2.03. The van der Waals surface area contributed by atoms with Crippen molar-refractivity contribution in [1.82, 2.24) is 0 Å². The van der Waals surface area contributed by atoms with Gasteiger partial charge in [0.25, 0.3) is 0 Å². The van der Waals surface area contributed by atoms with Gasteiger partial charge in [-0.15, -0.1) is 0 Å². The molecule has 0 aromatic rings. The second kappa shape index (κ2) is 4.62. The molecule has 0 aromatic heterocycles. The average molecular weight is 298 g/mol. The number of hydrogen-bond acceptors (Lipinski definition) is 2. The molecule has 0 saturated carbocycles. The molecular formula is C10H19IO2. The van der Waals surface area contributed by atoms with Crippen molar-refractivity contribution in [2.45, 2.75) is 45.6 Å². The molecule has 2 nitrogen and oxygen atoms in total. The van der Waals surface area contributed by atoms with Crippen molar-refractivity contribution in [3.8, 4) is 0 Å². The van der Waals surface area contributed by atoms with Gasteiger partial charge in [-0.2, -0.15) is 0 Å². The Bertz CT molecular complexity index is 178. The quantitative estimate of drug-likeness (QED) is 0.420. The van der Waals surface area contributed by atoms with Gasteiger partial charge < -0.3 is 0 Å². The van der Waals surface area contributed by atoms with E-state index in [2.05, 4.69) is 0 Å². The zero-order chi connectivity index (χ0) is 9.90. The summed E-state index contributed by atoms with van der Waals surface area (Å²) in [5, 5.41) is 0. The first-order chi connectivity index (χ1) is 5.99. The van der Waals surface area contributed by atoms with Gasteiger partial charge in [0.2, 0.25) is 0 Å². The Balaban J connectivity index is 2.38. The Morgan fingerprint density at radius 1 is 1.15 bits per heavy atom. The van der Waals surface area contributed by atoms with Crippen LogP contribution in [0.5, 0.6) is 0 Å². The molecule has 1 heterocycles. The molecule has 1 rings (SSSR count). The molecule has 1 saturated heterocycles. The van der Waals surface area contributed by atoms with Gasteiger partial charge in [0, 0.05) is 0 Å². The second-order valence-corrected chi connectivity index (χ2v) is 9.99. The molecule has 13 heavy (non-hydrogen) atoms. The zero-order valence-electron chi connectivity index (χ0n) is 8.73. The fourth-order valence-corrected chi connectivity index (χ4v) is 6.54. The topological polar surface area (TPSA) is 26.3 Å². The van der Waals surface area contributed by atoms with E-state index in [4.69, 9.17) is 4.74 Å². The van der Waals surface area contributed by atoms with E-state index in [0.717, 1.165) is 0 Å². The maximum atomic E-state index is 11.7. The van der Waals surface area contributed by atoms with E-state index in [1.165, 1.54) is 28.1 Å². The Hall–Kier alpha value is 0.200. The van der Waals surface area contributed by atoms with E-state index in [1.807, 2.05) is 20.8 Å². The summed E-state index contributed by atoms with van der Waals surface area (Å²) in [6.45, 7) is 5.85. The summed E-state index contributed by atoms with van der Waals surface area (Å²) in [4.78, 5) is 11.7. The van der Waals surface area contributed by atoms with Crippen molar-refractivity contribution in [3.05, 3.63) is 0 Å². The molecular weight excluding hydrogens is 279 g/mol. The van der Waals surface area contributed by atoms with Gasteiger partial charge in [0.1, 0.15) is 0 Å². The van der Waals surface area contributed by atoms with Crippen LogP contribution in [0.4, 0.5) is 4.79 Å². The van der Waals surface area contributed by atoms with Crippen LogP contribution in [0, 0.1) is 0 Å². The molecule has 0 aromatic carbocycles. The normalized spacial score (nSPS) is 21.3. The monoisotopic (exact) mass is 298 g/mol. The number of carbonyl (C=O) groups excluding carboxylic acids is 1. The number of carbonyl (C=O) groups is 1. The Morgan fingerprint density at radius 3 is 2.15 bits per heavy atom. The molecule has 1 aliphatic rings. The van der Waals surface area contributed by atoms with Crippen LogP contribution < -0.4 is 0 Å². The summed E-state index contributed by atoms with van der Waals surface area (Å²) in [6, 6.07) is 0. The first-order valence-electron chi connectivity index (χ1n) is 4.84. The van der Waals surface area contributed by atoms with Gasteiger partial charge in [-0.25, -0.2) is 0 Å². The van der Waals surface area contributed by atoms with Crippen molar-refractivity contribution in [3.63, 3.8) is 0 Å². The van der Waals surface area contributed by atoms with Crippen LogP contribution in [0.15, 0.2) is 0 Å². The molecule has 0 unspecified atom stereocenters. The Morgan fingerprint density at radius 2 is 1.69 bits per heavy atom. The fraction of sp³-hybridized carbons (Fsp3) is 0.900. The predicted molar refractivity (Wildman–Crippen MR) is 63.8 cm³/mol. The maximum absolute atomic E-state index is 11.7. The van der Waals surface area contributed by atoms with E-state index < -0.39 is 19.8 Å². The summed E-state index contributed by atoms with van der Waals surface area (Å²) >= 11 is -1.35. The van der Waals surface area contributed by atoms with Gasteiger partial charge in [-0.05, 0) is 0 Å². The van der Waals surface area contributed by atoms with Gasteiger partial charge in [0.15, 0.2) is 0 Å². The molecule has 1 aliphatic heterocycles. The number of hydrogen-bond donors (Lipinski definition) is 0. The molecule has 0 spiro atoms. The zero-order valence-corrected chi connectivity index (χ0v) is 10.9. The molecule has 0 aliphatic carbocycles. The van der Waals surface area contributed by atoms with Crippen molar-refractivity contribution < 1.29 is 9.53 Å². The molecule has 0 amide bonds. The van der Waals surface area contributed by atoms with Crippen LogP contribution >= 0.6 is 19.8 Å². The van der Waals surface area contributed by atoms with Crippen LogP contribution in [0.3, 0.4) is 0 Å². The first-order valence-corrected chi connectivity index (χ1v) is 8.97. The molecule has 3 heteroatoms. The standard InChI is InChI=1S/C10H19IO2/c1-10(2,3)13-9(12)11-7-5-4-6-8-11/h4-8H2,1-3H3. The van der Waals surface area contributed by atoms with Gasteiger partial charge in [-0.1, -0.05) is 0 Å². The third-order valence-electron chi connectivity index (χ3n) is 1.83. The van der Waals surface area contributed by atoms with E-state index in [0.29, 0.717) is 0 Å². The van der Waals surface area contributed by atoms with E-state index in [9.17, 15) is 4.79 Å². The van der Waals surface area contributed by atoms with Gasteiger partial charge in [-0.3, -0.25) is 0 Å². The summed E-state index contributed by atoms with van der Waals surface area (Å²) in [6.07, 6.45) is 3.82. The summed E-state index contributed by atoms with van der Waals surface area (Å²) in [7, 11) is 0. The summed E-state index contributed by atoms with van der Waals surface area (Å²) in [5.74, 6) is 0. The van der Waals surface area contributed by atoms with Crippen LogP contribution in [0.1, 0.15) is 40.0 Å². The van der Waals surface area contributed by atoms with E-state index >= 15 is 0 Å². The predicted octanol–water partition coefficient (Wildman–Crippen LogP) is 3.61. The van der Waals surface area contributed by atoms with Crippen molar-refractivity contribution >= 4 is 23.8 Å². The van der Waals surface area contributed by atoms with Gasteiger partial charge in [0.05, 0.1) is 0 Å². The van der Waals surface area contributed by atoms with E-state index in [-0.39, 0.29) is 9.58 Å². The third-order valence-corrected chi connectivity index (χ3v) is 7.42. The number of halogens is 1.